The minimum Gasteiger partial charge on any atom is -0.497 e. The van der Waals surface area contributed by atoms with Crippen LogP contribution >= 0.6 is 11.3 Å². The van der Waals surface area contributed by atoms with E-state index in [9.17, 15) is 4.79 Å². The van der Waals surface area contributed by atoms with Crippen molar-refractivity contribution in [3.8, 4) is 11.5 Å². The zero-order valence-corrected chi connectivity index (χ0v) is 16.6. The Morgan fingerprint density at radius 2 is 1.89 bits per heavy atom. The van der Waals surface area contributed by atoms with Gasteiger partial charge >= 0.3 is 0 Å². The van der Waals surface area contributed by atoms with Crippen molar-refractivity contribution in [1.29, 1.82) is 0 Å². The Kier molecular flexibility index (Phi) is 6.14. The summed E-state index contributed by atoms with van der Waals surface area (Å²) in [5.74, 6) is 1.59. The molecule has 0 unspecified atom stereocenters. The number of methoxy groups -OCH3 is 2. The lowest BCUT2D eigenvalue weighted by molar-refractivity contribution is 0.0991. The topological polar surface area (TPSA) is 38.8 Å². The normalized spacial score (nSPS) is 10.5. The number of benzene rings is 2. The lowest BCUT2D eigenvalue weighted by atomic mass is 10.1. The van der Waals surface area contributed by atoms with Gasteiger partial charge in [0.1, 0.15) is 11.5 Å². The predicted molar refractivity (Wildman–Crippen MR) is 110 cm³/mol. The summed E-state index contributed by atoms with van der Waals surface area (Å²) in [6, 6.07) is 17.6. The Bertz CT molecular complexity index is 906. The highest BCUT2D eigenvalue weighted by Crippen LogP contribution is 2.27. The van der Waals surface area contributed by atoms with Crippen LogP contribution in [0.15, 0.2) is 60.0 Å². The van der Waals surface area contributed by atoms with E-state index in [1.165, 1.54) is 11.3 Å². The molecule has 0 bridgehead atoms. The standard InChI is InChI=1S/C22H23NO3S/c1-16-9-10-18(15-20(16)26-3)23(22(24)21-8-5-13-27-21)12-11-17-6-4-7-19(14-17)25-2/h4-10,13-15H,11-12H2,1-3H3. The average Bonchev–Trinajstić information content (AvgIpc) is 3.24. The molecule has 0 spiro atoms. The molecule has 140 valence electrons. The molecule has 0 atom stereocenters. The molecular formula is C22H23NO3S. The predicted octanol–water partition coefficient (Wildman–Crippen LogP) is 4.96. The first-order valence-electron chi connectivity index (χ1n) is 8.75. The number of nitrogens with zero attached hydrogens (tertiary/aromatic N) is 1. The molecule has 1 amide bonds. The number of carbonyl (C=O) groups is 1. The smallest absolute Gasteiger partial charge is 0.268 e. The van der Waals surface area contributed by atoms with E-state index < -0.39 is 0 Å². The van der Waals surface area contributed by atoms with E-state index in [-0.39, 0.29) is 5.91 Å². The molecule has 0 aliphatic heterocycles. The largest absolute Gasteiger partial charge is 0.497 e. The zero-order valence-electron chi connectivity index (χ0n) is 15.8. The lowest BCUT2D eigenvalue weighted by Gasteiger charge is -2.23. The SMILES string of the molecule is COc1cccc(CCN(C(=O)c2cccs2)c2ccc(C)c(OC)c2)c1. The van der Waals surface area contributed by atoms with Gasteiger partial charge in [-0.1, -0.05) is 24.3 Å². The summed E-state index contributed by atoms with van der Waals surface area (Å²) in [5, 5.41) is 1.92. The van der Waals surface area contributed by atoms with Crippen LogP contribution in [0.2, 0.25) is 0 Å². The number of thiophene rings is 1. The number of rotatable bonds is 7. The van der Waals surface area contributed by atoms with Gasteiger partial charge in [0.25, 0.3) is 5.91 Å². The number of anilines is 1. The van der Waals surface area contributed by atoms with Crippen LogP contribution in [0.1, 0.15) is 20.8 Å². The van der Waals surface area contributed by atoms with Gasteiger partial charge in [0, 0.05) is 18.3 Å². The zero-order chi connectivity index (χ0) is 19.2. The lowest BCUT2D eigenvalue weighted by Crippen LogP contribution is -2.32. The van der Waals surface area contributed by atoms with Crippen LogP contribution in [0.3, 0.4) is 0 Å². The third kappa shape index (κ3) is 4.49. The minimum atomic E-state index is -0.00111. The highest BCUT2D eigenvalue weighted by Gasteiger charge is 2.19. The van der Waals surface area contributed by atoms with Gasteiger partial charge < -0.3 is 14.4 Å². The van der Waals surface area contributed by atoms with E-state index in [1.54, 1.807) is 14.2 Å². The summed E-state index contributed by atoms with van der Waals surface area (Å²) in [4.78, 5) is 15.6. The van der Waals surface area contributed by atoms with Crippen LogP contribution in [0.5, 0.6) is 11.5 Å². The van der Waals surface area contributed by atoms with Crippen molar-refractivity contribution in [2.24, 2.45) is 0 Å². The maximum atomic E-state index is 13.1. The second-order valence-corrected chi connectivity index (χ2v) is 7.14. The second-order valence-electron chi connectivity index (χ2n) is 6.19. The average molecular weight is 381 g/mol. The summed E-state index contributed by atoms with van der Waals surface area (Å²) in [5.41, 5.74) is 2.99. The van der Waals surface area contributed by atoms with E-state index in [2.05, 4.69) is 0 Å². The van der Waals surface area contributed by atoms with Gasteiger partial charge in [-0.25, -0.2) is 0 Å². The summed E-state index contributed by atoms with van der Waals surface area (Å²) in [6.07, 6.45) is 0.727. The summed E-state index contributed by atoms with van der Waals surface area (Å²) in [7, 11) is 3.30. The van der Waals surface area contributed by atoms with Gasteiger partial charge in [0.15, 0.2) is 0 Å². The molecule has 0 saturated carbocycles. The molecule has 3 aromatic rings. The quantitative estimate of drug-likeness (QED) is 0.580. The van der Waals surface area contributed by atoms with E-state index in [0.29, 0.717) is 6.54 Å². The molecule has 0 saturated heterocycles. The number of aryl methyl sites for hydroxylation is 1. The Morgan fingerprint density at radius 3 is 2.59 bits per heavy atom. The van der Waals surface area contributed by atoms with Gasteiger partial charge in [-0.05, 0) is 54.1 Å². The number of hydrogen-bond donors (Lipinski definition) is 0. The molecule has 1 heterocycles. The first-order chi connectivity index (χ1) is 13.1. The van der Waals surface area contributed by atoms with Gasteiger partial charge in [-0.2, -0.15) is 0 Å². The summed E-state index contributed by atoms with van der Waals surface area (Å²) >= 11 is 1.45. The fourth-order valence-electron chi connectivity index (χ4n) is 2.93. The number of ether oxygens (including phenoxy) is 2. The van der Waals surface area contributed by atoms with Crippen molar-refractivity contribution in [1.82, 2.24) is 0 Å². The van der Waals surface area contributed by atoms with E-state index in [4.69, 9.17) is 9.47 Å². The highest BCUT2D eigenvalue weighted by atomic mass is 32.1. The number of amides is 1. The van der Waals surface area contributed by atoms with Gasteiger partial charge in [-0.15, -0.1) is 11.3 Å². The minimum absolute atomic E-state index is 0.00111. The summed E-state index contributed by atoms with van der Waals surface area (Å²) in [6.45, 7) is 2.56. The van der Waals surface area contributed by atoms with Crippen molar-refractivity contribution >= 4 is 22.9 Å². The first-order valence-corrected chi connectivity index (χ1v) is 9.63. The number of carbonyl (C=O) groups excluding carboxylic acids is 1. The molecule has 2 aromatic carbocycles. The molecule has 0 fully saturated rings. The van der Waals surface area contributed by atoms with Gasteiger partial charge in [0.05, 0.1) is 19.1 Å². The molecule has 0 N–H and O–H groups in total. The van der Waals surface area contributed by atoms with Crippen LogP contribution in [-0.2, 0) is 6.42 Å². The molecule has 1 aromatic heterocycles. The van der Waals surface area contributed by atoms with Gasteiger partial charge in [-0.3, -0.25) is 4.79 Å². The van der Waals surface area contributed by atoms with E-state index in [1.807, 2.05) is 71.8 Å². The molecule has 0 aliphatic carbocycles. The molecule has 0 radical (unpaired) electrons. The molecular weight excluding hydrogens is 358 g/mol. The maximum absolute atomic E-state index is 13.1. The van der Waals surface area contributed by atoms with Crippen LogP contribution in [0.25, 0.3) is 0 Å². The Balaban J connectivity index is 1.89. The van der Waals surface area contributed by atoms with Crippen molar-refractivity contribution in [3.63, 3.8) is 0 Å². The van der Waals surface area contributed by atoms with Crippen molar-refractivity contribution in [3.05, 3.63) is 76.0 Å². The third-order valence-electron chi connectivity index (χ3n) is 4.44. The summed E-state index contributed by atoms with van der Waals surface area (Å²) < 4.78 is 10.7. The first kappa shape index (κ1) is 19.0. The van der Waals surface area contributed by atoms with Crippen LogP contribution in [0.4, 0.5) is 5.69 Å². The van der Waals surface area contributed by atoms with E-state index >= 15 is 0 Å². The van der Waals surface area contributed by atoms with Crippen molar-refractivity contribution in [2.75, 3.05) is 25.7 Å². The van der Waals surface area contributed by atoms with Crippen LogP contribution in [-0.4, -0.2) is 26.7 Å². The Hall–Kier alpha value is -2.79. The fraction of sp³-hybridized carbons (Fsp3) is 0.227. The highest BCUT2D eigenvalue weighted by molar-refractivity contribution is 7.12. The van der Waals surface area contributed by atoms with Gasteiger partial charge in [0.2, 0.25) is 0 Å². The second kappa shape index (κ2) is 8.73. The monoisotopic (exact) mass is 381 g/mol. The molecule has 3 rings (SSSR count). The van der Waals surface area contributed by atoms with Crippen LogP contribution < -0.4 is 14.4 Å². The molecule has 27 heavy (non-hydrogen) atoms. The number of hydrogen-bond acceptors (Lipinski definition) is 4. The van der Waals surface area contributed by atoms with Crippen molar-refractivity contribution < 1.29 is 14.3 Å². The third-order valence-corrected chi connectivity index (χ3v) is 5.30. The van der Waals surface area contributed by atoms with E-state index in [0.717, 1.165) is 39.6 Å². The van der Waals surface area contributed by atoms with Crippen molar-refractivity contribution in [2.45, 2.75) is 13.3 Å². The Morgan fingerprint density at radius 1 is 1.04 bits per heavy atom. The Labute approximate surface area is 164 Å². The fourth-order valence-corrected chi connectivity index (χ4v) is 3.60. The molecule has 0 aliphatic rings. The van der Waals surface area contributed by atoms with Crippen LogP contribution in [0, 0.1) is 6.92 Å². The maximum Gasteiger partial charge on any atom is 0.268 e. The molecule has 4 nitrogen and oxygen atoms in total. The molecule has 5 heteroatoms.